The third kappa shape index (κ3) is 9.55. The van der Waals surface area contributed by atoms with Gasteiger partial charge in [0.25, 0.3) is 0 Å². The second-order valence-corrected chi connectivity index (χ2v) is 6.80. The number of amides is 1. The summed E-state index contributed by atoms with van der Waals surface area (Å²) >= 11 is 0. The molecule has 6 nitrogen and oxygen atoms in total. The number of nitrogens with two attached hydrogens (primary N) is 1. The van der Waals surface area contributed by atoms with E-state index in [2.05, 4.69) is 19.9 Å². The van der Waals surface area contributed by atoms with Gasteiger partial charge < -0.3 is 20.7 Å². The van der Waals surface area contributed by atoms with Crippen LogP contribution in [0.25, 0.3) is 0 Å². The molecule has 0 aliphatic carbocycles. The molecule has 0 spiro atoms. The van der Waals surface area contributed by atoms with E-state index in [1.54, 1.807) is 12.1 Å². The number of alkyl halides is 3. The molecule has 1 aliphatic rings. The Morgan fingerprint density at radius 2 is 2.03 bits per heavy atom. The van der Waals surface area contributed by atoms with Gasteiger partial charge in [-0.2, -0.15) is 0 Å². The molecule has 1 aromatic carbocycles. The molecule has 2 rings (SSSR count). The van der Waals surface area contributed by atoms with Crippen LogP contribution in [0.15, 0.2) is 29.3 Å². The van der Waals surface area contributed by atoms with Crippen LogP contribution in [0.2, 0.25) is 0 Å². The van der Waals surface area contributed by atoms with Crippen molar-refractivity contribution in [1.29, 1.82) is 0 Å². The molecular weight excluding hydrogens is 500 g/mol. The number of piperidine rings is 1. The van der Waals surface area contributed by atoms with Gasteiger partial charge in [0.05, 0.1) is 0 Å². The molecule has 1 unspecified atom stereocenters. The van der Waals surface area contributed by atoms with Gasteiger partial charge in [-0.15, -0.1) is 37.1 Å². The smallest absolute Gasteiger partial charge is 0.406 e. The highest BCUT2D eigenvalue weighted by Gasteiger charge is 2.31. The zero-order chi connectivity index (χ0) is 20.6. The zero-order valence-electron chi connectivity index (χ0n) is 16.4. The highest BCUT2D eigenvalue weighted by atomic mass is 127. The first-order valence-corrected chi connectivity index (χ1v) is 9.43. The molecule has 1 aliphatic heterocycles. The minimum Gasteiger partial charge on any atom is -0.406 e. The number of guanidine groups is 1. The van der Waals surface area contributed by atoms with Crippen molar-refractivity contribution >= 4 is 35.8 Å². The number of ether oxygens (including phenoxy) is 1. The summed E-state index contributed by atoms with van der Waals surface area (Å²) in [5.74, 6) is 0.499. The first-order chi connectivity index (χ1) is 13.3. The van der Waals surface area contributed by atoms with Crippen LogP contribution in [0, 0.1) is 5.92 Å². The molecule has 1 fully saturated rings. The van der Waals surface area contributed by atoms with E-state index in [0.29, 0.717) is 19.4 Å². The molecule has 0 radical (unpaired) electrons. The van der Waals surface area contributed by atoms with E-state index in [0.717, 1.165) is 44.0 Å². The number of likely N-dealkylation sites (tertiary alicyclic amines) is 1. The van der Waals surface area contributed by atoms with Crippen molar-refractivity contribution in [3.05, 3.63) is 29.8 Å². The Morgan fingerprint density at radius 3 is 2.62 bits per heavy atom. The van der Waals surface area contributed by atoms with E-state index >= 15 is 0 Å². The minimum atomic E-state index is -4.69. The molecular formula is C19H28F3IN4O2. The predicted molar refractivity (Wildman–Crippen MR) is 116 cm³/mol. The van der Waals surface area contributed by atoms with E-state index in [1.807, 2.05) is 6.92 Å². The average molecular weight is 528 g/mol. The topological polar surface area (TPSA) is 80.0 Å². The monoisotopic (exact) mass is 528 g/mol. The quantitative estimate of drug-likeness (QED) is 0.324. The molecule has 29 heavy (non-hydrogen) atoms. The van der Waals surface area contributed by atoms with Gasteiger partial charge in [0.15, 0.2) is 5.96 Å². The van der Waals surface area contributed by atoms with E-state index in [9.17, 15) is 18.0 Å². The molecule has 1 amide bonds. The van der Waals surface area contributed by atoms with Gasteiger partial charge in [-0.05, 0) is 49.8 Å². The van der Waals surface area contributed by atoms with Crippen LogP contribution < -0.4 is 15.8 Å². The maximum atomic E-state index is 12.2. The standard InChI is InChI=1S/C19H27F3N4O2.HI/c1-2-24-18(26-11-3-4-15(13-26)12-17(23)27)25-10-9-14-5-7-16(8-6-14)28-19(20,21)22;/h5-8,15H,2-4,9-13H2,1H3,(H2,23,27)(H,24,25);1H. The number of hydrogen-bond acceptors (Lipinski definition) is 3. The van der Waals surface area contributed by atoms with Gasteiger partial charge in [-0.3, -0.25) is 9.79 Å². The lowest BCUT2D eigenvalue weighted by Crippen LogP contribution is -2.47. The molecule has 0 aromatic heterocycles. The molecule has 3 N–H and O–H groups in total. The SMILES string of the molecule is CCNC(=NCCc1ccc(OC(F)(F)F)cc1)N1CCCC(CC(N)=O)C1.I. The first-order valence-electron chi connectivity index (χ1n) is 9.43. The Balaban J connectivity index is 0.00000420. The Morgan fingerprint density at radius 1 is 1.34 bits per heavy atom. The summed E-state index contributed by atoms with van der Waals surface area (Å²) in [6.45, 7) is 4.81. The summed E-state index contributed by atoms with van der Waals surface area (Å²) in [6, 6.07) is 5.81. The minimum absolute atomic E-state index is 0. The highest BCUT2D eigenvalue weighted by molar-refractivity contribution is 14.0. The number of carbonyl (C=O) groups is 1. The van der Waals surface area contributed by atoms with Crippen LogP contribution in [0.4, 0.5) is 13.2 Å². The summed E-state index contributed by atoms with van der Waals surface area (Å²) in [5.41, 5.74) is 6.19. The number of halogens is 4. The van der Waals surface area contributed by atoms with Crippen LogP contribution in [0.1, 0.15) is 31.7 Å². The van der Waals surface area contributed by atoms with Crippen molar-refractivity contribution in [2.45, 2.75) is 39.0 Å². The van der Waals surface area contributed by atoms with Crippen molar-refractivity contribution in [2.75, 3.05) is 26.2 Å². The molecule has 0 saturated carbocycles. The number of nitrogens with one attached hydrogen (secondary N) is 1. The fourth-order valence-electron chi connectivity index (χ4n) is 3.28. The Hall–Kier alpha value is -1.72. The summed E-state index contributed by atoms with van der Waals surface area (Å²) in [6.07, 6.45) is -1.76. The van der Waals surface area contributed by atoms with E-state index < -0.39 is 6.36 Å². The first kappa shape index (κ1) is 25.3. The number of aliphatic imine (C=N–C) groups is 1. The molecule has 1 saturated heterocycles. The van der Waals surface area contributed by atoms with Gasteiger partial charge >= 0.3 is 6.36 Å². The number of rotatable bonds is 7. The fraction of sp³-hybridized carbons (Fsp3) is 0.579. The van der Waals surface area contributed by atoms with Gasteiger partial charge in [0.1, 0.15) is 5.75 Å². The number of primary amides is 1. The lowest BCUT2D eigenvalue weighted by atomic mass is 9.95. The zero-order valence-corrected chi connectivity index (χ0v) is 18.7. The molecule has 0 bridgehead atoms. The number of carbonyl (C=O) groups excluding carboxylic acids is 1. The second-order valence-electron chi connectivity index (χ2n) is 6.80. The number of hydrogen-bond donors (Lipinski definition) is 2. The maximum Gasteiger partial charge on any atom is 0.573 e. The van der Waals surface area contributed by atoms with Crippen LogP contribution in [0.5, 0.6) is 5.75 Å². The Kier molecular flexibility index (Phi) is 10.5. The van der Waals surface area contributed by atoms with Crippen LogP contribution in [-0.2, 0) is 11.2 Å². The van der Waals surface area contributed by atoms with Crippen LogP contribution in [0.3, 0.4) is 0 Å². The predicted octanol–water partition coefficient (Wildman–Crippen LogP) is 3.30. The Bertz CT molecular complexity index is 668. The summed E-state index contributed by atoms with van der Waals surface area (Å²) in [5, 5.41) is 3.26. The van der Waals surface area contributed by atoms with Crippen molar-refractivity contribution in [2.24, 2.45) is 16.6 Å². The van der Waals surface area contributed by atoms with Gasteiger partial charge in [0.2, 0.25) is 5.91 Å². The van der Waals surface area contributed by atoms with E-state index in [4.69, 9.17) is 5.73 Å². The summed E-state index contributed by atoms with van der Waals surface area (Å²) in [7, 11) is 0. The van der Waals surface area contributed by atoms with Gasteiger partial charge in [-0.1, -0.05) is 12.1 Å². The third-order valence-electron chi connectivity index (χ3n) is 4.46. The van der Waals surface area contributed by atoms with E-state index in [-0.39, 0.29) is 41.6 Å². The summed E-state index contributed by atoms with van der Waals surface area (Å²) < 4.78 is 40.5. The van der Waals surface area contributed by atoms with Crippen LogP contribution in [-0.4, -0.2) is 49.3 Å². The lowest BCUT2D eigenvalue weighted by Gasteiger charge is -2.34. The van der Waals surface area contributed by atoms with Crippen molar-refractivity contribution in [1.82, 2.24) is 10.2 Å². The van der Waals surface area contributed by atoms with E-state index in [1.165, 1.54) is 12.1 Å². The van der Waals surface area contributed by atoms with Gasteiger partial charge in [-0.25, -0.2) is 0 Å². The molecule has 1 atom stereocenters. The fourth-order valence-corrected chi connectivity index (χ4v) is 3.28. The van der Waals surface area contributed by atoms with Gasteiger partial charge in [0, 0.05) is 32.6 Å². The molecule has 1 heterocycles. The maximum absolute atomic E-state index is 12.2. The second kappa shape index (κ2) is 12.1. The average Bonchev–Trinajstić information content (AvgIpc) is 2.61. The largest absolute Gasteiger partial charge is 0.573 e. The molecule has 10 heteroatoms. The van der Waals surface area contributed by atoms with Crippen molar-refractivity contribution < 1.29 is 22.7 Å². The highest BCUT2D eigenvalue weighted by Crippen LogP contribution is 2.23. The normalized spacial score (nSPS) is 17.4. The Labute approximate surface area is 186 Å². The number of nitrogens with zero attached hydrogens (tertiary/aromatic N) is 2. The summed E-state index contributed by atoms with van der Waals surface area (Å²) in [4.78, 5) is 18.0. The molecule has 164 valence electrons. The van der Waals surface area contributed by atoms with Crippen molar-refractivity contribution in [3.8, 4) is 5.75 Å². The lowest BCUT2D eigenvalue weighted by molar-refractivity contribution is -0.274. The van der Waals surface area contributed by atoms with Crippen LogP contribution >= 0.6 is 24.0 Å². The molecule has 1 aromatic rings. The third-order valence-corrected chi connectivity index (χ3v) is 4.46. The van der Waals surface area contributed by atoms with Crippen molar-refractivity contribution in [3.63, 3.8) is 0 Å². The number of benzene rings is 1.